The second-order valence-corrected chi connectivity index (χ2v) is 8.50. The third-order valence-corrected chi connectivity index (χ3v) is 6.76. The molecule has 4 bridgehead atoms. The van der Waals surface area contributed by atoms with Crippen molar-refractivity contribution in [3.63, 3.8) is 0 Å². The first kappa shape index (κ1) is 13.1. The molecule has 5 fully saturated rings. The molecule has 0 aromatic carbocycles. The van der Waals surface area contributed by atoms with E-state index >= 15 is 0 Å². The van der Waals surface area contributed by atoms with Gasteiger partial charge in [-0.3, -0.25) is 0 Å². The number of hydrogen-bond donors (Lipinski definition) is 0. The second-order valence-electron chi connectivity index (χ2n) is 8.50. The Morgan fingerprint density at radius 3 is 2.30 bits per heavy atom. The van der Waals surface area contributed by atoms with Crippen molar-refractivity contribution in [3.05, 3.63) is 0 Å². The van der Waals surface area contributed by atoms with E-state index in [0.29, 0.717) is 5.41 Å². The van der Waals surface area contributed by atoms with Crippen molar-refractivity contribution >= 4 is 0 Å². The molecular formula is C18H28N2. The molecule has 0 aromatic heterocycles. The summed E-state index contributed by atoms with van der Waals surface area (Å²) in [5.74, 6) is 4.05. The molecule has 4 aliphatic carbocycles. The van der Waals surface area contributed by atoms with E-state index in [1.54, 1.807) is 38.5 Å². The van der Waals surface area contributed by atoms with E-state index in [1.165, 1.54) is 26.1 Å². The van der Waals surface area contributed by atoms with Gasteiger partial charge in [0.1, 0.15) is 0 Å². The van der Waals surface area contributed by atoms with Crippen molar-refractivity contribution in [3.8, 4) is 6.07 Å². The minimum absolute atomic E-state index is 0.707. The lowest BCUT2D eigenvalue weighted by Gasteiger charge is -2.57. The van der Waals surface area contributed by atoms with Gasteiger partial charge in [-0.2, -0.15) is 5.26 Å². The highest BCUT2D eigenvalue weighted by Gasteiger charge is 2.51. The van der Waals surface area contributed by atoms with Crippen LogP contribution in [0.2, 0.25) is 0 Å². The lowest BCUT2D eigenvalue weighted by molar-refractivity contribution is -0.0668. The Morgan fingerprint density at radius 2 is 1.70 bits per heavy atom. The Hall–Kier alpha value is -0.550. The zero-order valence-electron chi connectivity index (χ0n) is 12.7. The Morgan fingerprint density at radius 1 is 1.05 bits per heavy atom. The van der Waals surface area contributed by atoms with Crippen LogP contribution >= 0.6 is 0 Å². The molecule has 110 valence electrons. The van der Waals surface area contributed by atoms with Gasteiger partial charge in [0.25, 0.3) is 0 Å². The summed E-state index contributed by atoms with van der Waals surface area (Å²) in [6, 6.07) is 2.32. The van der Waals surface area contributed by atoms with Crippen LogP contribution in [-0.2, 0) is 0 Å². The molecule has 4 saturated carbocycles. The number of nitrogens with zero attached hydrogens (tertiary/aromatic N) is 2. The fraction of sp³-hybridized carbons (Fsp3) is 0.944. The SMILES string of the molecule is N#CCCC1CCN(CC23CC4CC(CC(C4)C2)C3)C1. The van der Waals surface area contributed by atoms with Crippen LogP contribution < -0.4 is 0 Å². The van der Waals surface area contributed by atoms with Crippen LogP contribution in [0.15, 0.2) is 0 Å². The standard InChI is InChI=1S/C18H28N2/c19-4-1-2-14-3-5-20(12-14)13-18-9-15-6-16(10-18)8-17(7-15)11-18/h14-17H,1-3,5-13H2. The van der Waals surface area contributed by atoms with E-state index in [4.69, 9.17) is 5.26 Å². The highest BCUT2D eigenvalue weighted by atomic mass is 15.2. The molecular weight excluding hydrogens is 244 g/mol. The van der Waals surface area contributed by atoms with Crippen LogP contribution in [0.3, 0.4) is 0 Å². The molecule has 5 rings (SSSR count). The molecule has 2 heteroatoms. The van der Waals surface area contributed by atoms with Crippen molar-refractivity contribution < 1.29 is 0 Å². The maximum atomic E-state index is 8.74. The van der Waals surface area contributed by atoms with Gasteiger partial charge in [-0.05, 0) is 87.0 Å². The number of nitriles is 1. The number of hydrogen-bond acceptors (Lipinski definition) is 2. The first-order chi connectivity index (χ1) is 9.75. The summed E-state index contributed by atoms with van der Waals surface area (Å²) in [6.07, 6.45) is 12.5. The predicted molar refractivity (Wildman–Crippen MR) is 80.0 cm³/mol. The largest absolute Gasteiger partial charge is 0.302 e. The van der Waals surface area contributed by atoms with Crippen LogP contribution in [0.4, 0.5) is 0 Å². The molecule has 0 amide bonds. The normalized spacial score (nSPS) is 46.8. The summed E-state index contributed by atoms with van der Waals surface area (Å²) in [6.45, 7) is 3.97. The van der Waals surface area contributed by atoms with Crippen molar-refractivity contribution in [2.75, 3.05) is 19.6 Å². The lowest BCUT2D eigenvalue weighted by atomic mass is 9.49. The molecule has 1 saturated heterocycles. The zero-order chi connectivity index (χ0) is 13.6. The molecule has 0 spiro atoms. The first-order valence-electron chi connectivity index (χ1n) is 8.84. The maximum absolute atomic E-state index is 8.74. The second kappa shape index (κ2) is 5.02. The van der Waals surface area contributed by atoms with Gasteiger partial charge in [0.15, 0.2) is 0 Å². The lowest BCUT2D eigenvalue weighted by Crippen LogP contribution is -2.50. The van der Waals surface area contributed by atoms with E-state index < -0.39 is 0 Å². The molecule has 20 heavy (non-hydrogen) atoms. The van der Waals surface area contributed by atoms with Crippen LogP contribution in [0.25, 0.3) is 0 Å². The number of rotatable bonds is 4. The van der Waals surface area contributed by atoms with E-state index in [9.17, 15) is 0 Å². The molecule has 1 unspecified atom stereocenters. The summed E-state index contributed by atoms with van der Waals surface area (Å²) in [7, 11) is 0. The zero-order valence-corrected chi connectivity index (χ0v) is 12.7. The van der Waals surface area contributed by atoms with Crippen LogP contribution in [0.1, 0.15) is 57.8 Å². The number of likely N-dealkylation sites (tertiary alicyclic amines) is 1. The van der Waals surface area contributed by atoms with E-state index in [2.05, 4.69) is 11.0 Å². The quantitative estimate of drug-likeness (QED) is 0.777. The van der Waals surface area contributed by atoms with Gasteiger partial charge in [-0.15, -0.1) is 0 Å². The summed E-state index contributed by atoms with van der Waals surface area (Å²) >= 11 is 0. The van der Waals surface area contributed by atoms with Crippen molar-refractivity contribution in [1.29, 1.82) is 5.26 Å². The van der Waals surface area contributed by atoms with Gasteiger partial charge in [-0.25, -0.2) is 0 Å². The van der Waals surface area contributed by atoms with Gasteiger partial charge in [0, 0.05) is 19.5 Å². The predicted octanol–water partition coefficient (Wildman–Crippen LogP) is 3.83. The molecule has 1 heterocycles. The topological polar surface area (TPSA) is 27.0 Å². The van der Waals surface area contributed by atoms with Crippen molar-refractivity contribution in [1.82, 2.24) is 4.90 Å². The van der Waals surface area contributed by atoms with Crippen LogP contribution in [-0.4, -0.2) is 24.5 Å². The molecule has 1 aliphatic heterocycles. The molecule has 5 aliphatic rings. The van der Waals surface area contributed by atoms with Crippen LogP contribution in [0.5, 0.6) is 0 Å². The minimum atomic E-state index is 0.707. The third-order valence-electron chi connectivity index (χ3n) is 6.76. The summed E-state index contributed by atoms with van der Waals surface area (Å²) < 4.78 is 0. The van der Waals surface area contributed by atoms with Crippen molar-refractivity contribution in [2.45, 2.75) is 57.8 Å². The fourth-order valence-corrected chi connectivity index (χ4v) is 6.52. The first-order valence-corrected chi connectivity index (χ1v) is 8.84. The van der Waals surface area contributed by atoms with Gasteiger partial charge in [0.05, 0.1) is 6.07 Å². The molecule has 2 nitrogen and oxygen atoms in total. The highest BCUT2D eigenvalue weighted by molar-refractivity contribution is 5.03. The summed E-state index contributed by atoms with van der Waals surface area (Å²) in [5, 5.41) is 8.74. The van der Waals surface area contributed by atoms with Gasteiger partial charge < -0.3 is 4.90 Å². The van der Waals surface area contributed by atoms with Gasteiger partial charge in [0.2, 0.25) is 0 Å². The summed E-state index contributed by atoms with van der Waals surface area (Å²) in [4.78, 5) is 2.76. The van der Waals surface area contributed by atoms with E-state index in [1.807, 2.05) is 0 Å². The molecule has 1 atom stereocenters. The average Bonchev–Trinajstić information content (AvgIpc) is 2.81. The van der Waals surface area contributed by atoms with Gasteiger partial charge >= 0.3 is 0 Å². The Bertz CT molecular complexity index is 373. The Kier molecular flexibility index (Phi) is 3.30. The Balaban J connectivity index is 1.37. The molecule has 0 aromatic rings. The smallest absolute Gasteiger partial charge is 0.0621 e. The maximum Gasteiger partial charge on any atom is 0.0621 e. The van der Waals surface area contributed by atoms with E-state index in [-0.39, 0.29) is 0 Å². The van der Waals surface area contributed by atoms with Crippen LogP contribution in [0, 0.1) is 40.4 Å². The molecule has 0 N–H and O–H groups in total. The molecule has 0 radical (unpaired) electrons. The summed E-state index contributed by atoms with van der Waals surface area (Å²) in [5.41, 5.74) is 0.707. The third kappa shape index (κ3) is 2.39. The monoisotopic (exact) mass is 272 g/mol. The fourth-order valence-electron chi connectivity index (χ4n) is 6.52. The highest BCUT2D eigenvalue weighted by Crippen LogP contribution is 2.60. The van der Waals surface area contributed by atoms with E-state index in [0.717, 1.165) is 36.5 Å². The van der Waals surface area contributed by atoms with Gasteiger partial charge in [-0.1, -0.05) is 0 Å². The average molecular weight is 272 g/mol. The Labute approximate surface area is 123 Å². The van der Waals surface area contributed by atoms with Crippen molar-refractivity contribution in [2.24, 2.45) is 29.1 Å². The minimum Gasteiger partial charge on any atom is -0.302 e.